The van der Waals surface area contributed by atoms with Crippen molar-refractivity contribution in [1.29, 1.82) is 0 Å². The largest absolute Gasteiger partial charge is 0.368 e. The van der Waals surface area contributed by atoms with Crippen LogP contribution in [-0.2, 0) is 19.8 Å². The summed E-state index contributed by atoms with van der Waals surface area (Å²) in [7, 11) is 0. The standard InChI is InChI=1S/C18H20N4O3.ClH/c19-15(23)13-6-18(11-3-1-2-4-12(11)21-17(18)25)8-22(13)16(24)14-10-5-9(10)7-20-14;/h1-4,9-10,13-14,20H,5-8H2,(H2,19,23)(H,21,25);1H/t9-,10-,13+,14+,18+;/m1./s1. The van der Waals surface area contributed by atoms with Gasteiger partial charge in [-0.1, -0.05) is 18.2 Å². The van der Waals surface area contributed by atoms with Crippen molar-refractivity contribution in [3.8, 4) is 0 Å². The summed E-state index contributed by atoms with van der Waals surface area (Å²) in [5.74, 6) is 0.143. The number of carbonyl (C=O) groups excluding carboxylic acids is 3. The lowest BCUT2D eigenvalue weighted by Crippen LogP contribution is -2.51. The zero-order valence-electron chi connectivity index (χ0n) is 14.1. The minimum atomic E-state index is -0.881. The smallest absolute Gasteiger partial charge is 0.240 e. The quantitative estimate of drug-likeness (QED) is 0.675. The van der Waals surface area contributed by atoms with E-state index in [0.29, 0.717) is 11.8 Å². The maximum Gasteiger partial charge on any atom is 0.240 e. The number of likely N-dealkylation sites (tertiary alicyclic amines) is 1. The first-order valence-corrected chi connectivity index (χ1v) is 8.75. The molecule has 8 heteroatoms. The number of nitrogens with zero attached hydrogens (tertiary/aromatic N) is 1. The summed E-state index contributed by atoms with van der Waals surface area (Å²) < 4.78 is 0. The third-order valence-electron chi connectivity index (χ3n) is 6.37. The van der Waals surface area contributed by atoms with Gasteiger partial charge in [-0.25, -0.2) is 0 Å². The van der Waals surface area contributed by atoms with Gasteiger partial charge in [0.2, 0.25) is 17.7 Å². The van der Waals surface area contributed by atoms with Crippen molar-refractivity contribution in [2.75, 3.05) is 18.4 Å². The lowest BCUT2D eigenvalue weighted by Gasteiger charge is -2.27. The highest BCUT2D eigenvalue weighted by molar-refractivity contribution is 6.08. The monoisotopic (exact) mass is 376 g/mol. The lowest BCUT2D eigenvalue weighted by atomic mass is 9.79. The van der Waals surface area contributed by atoms with E-state index in [1.165, 1.54) is 0 Å². The molecule has 3 aliphatic heterocycles. The van der Waals surface area contributed by atoms with Crippen LogP contribution in [0.5, 0.6) is 0 Å². The van der Waals surface area contributed by atoms with Crippen molar-refractivity contribution in [1.82, 2.24) is 10.2 Å². The number of nitrogens with one attached hydrogen (secondary N) is 2. The molecular formula is C18H21ClN4O3. The third kappa shape index (κ3) is 2.20. The molecule has 1 saturated carbocycles. The SMILES string of the molecule is Cl.NC(=O)[C@@H]1C[C@@]2(CN1C(=O)[C@H]1NC[C@H]3C[C@H]31)C(=O)Nc1ccccc12. The predicted molar refractivity (Wildman–Crippen MR) is 96.7 cm³/mol. The van der Waals surface area contributed by atoms with Gasteiger partial charge in [-0.05, 0) is 42.9 Å². The maximum atomic E-state index is 13.1. The zero-order chi connectivity index (χ0) is 17.3. The summed E-state index contributed by atoms with van der Waals surface area (Å²) in [6.07, 6.45) is 1.31. The molecule has 3 heterocycles. The second-order valence-electron chi connectivity index (χ2n) is 7.72. The van der Waals surface area contributed by atoms with E-state index in [4.69, 9.17) is 5.73 Å². The van der Waals surface area contributed by atoms with Crippen molar-refractivity contribution >= 4 is 35.8 Å². The number of amides is 3. The van der Waals surface area contributed by atoms with Crippen LogP contribution in [0.4, 0.5) is 5.69 Å². The Labute approximate surface area is 157 Å². The summed E-state index contributed by atoms with van der Waals surface area (Å²) in [6.45, 7) is 1.06. The van der Waals surface area contributed by atoms with Crippen LogP contribution in [-0.4, -0.2) is 47.8 Å². The molecular weight excluding hydrogens is 356 g/mol. The maximum absolute atomic E-state index is 13.1. The molecule has 7 nitrogen and oxygen atoms in total. The lowest BCUT2D eigenvalue weighted by molar-refractivity contribution is -0.139. The molecule has 5 atom stereocenters. The number of carbonyl (C=O) groups is 3. The number of rotatable bonds is 2. The van der Waals surface area contributed by atoms with E-state index in [2.05, 4.69) is 10.6 Å². The molecule has 3 amide bonds. The Hall–Kier alpha value is -2.12. The molecule has 1 aromatic rings. The van der Waals surface area contributed by atoms with Gasteiger partial charge in [-0.2, -0.15) is 0 Å². The fraction of sp³-hybridized carbons (Fsp3) is 0.500. The van der Waals surface area contributed by atoms with Crippen LogP contribution < -0.4 is 16.4 Å². The number of anilines is 1. The van der Waals surface area contributed by atoms with Crippen LogP contribution >= 0.6 is 12.4 Å². The fourth-order valence-corrected chi connectivity index (χ4v) is 4.92. The number of para-hydroxylation sites is 1. The number of hydrogen-bond donors (Lipinski definition) is 3. The van der Waals surface area contributed by atoms with Crippen LogP contribution in [0.3, 0.4) is 0 Å². The molecule has 1 spiro atoms. The molecule has 0 aromatic heterocycles. The Morgan fingerprint density at radius 2 is 2.04 bits per heavy atom. The van der Waals surface area contributed by atoms with Gasteiger partial charge in [0.25, 0.3) is 0 Å². The number of halogens is 1. The van der Waals surface area contributed by atoms with Gasteiger partial charge in [-0.15, -0.1) is 12.4 Å². The van der Waals surface area contributed by atoms with Gasteiger partial charge < -0.3 is 21.3 Å². The van der Waals surface area contributed by atoms with E-state index < -0.39 is 17.4 Å². The molecule has 5 rings (SSSR count). The number of piperidine rings is 1. The average molecular weight is 377 g/mol. The second-order valence-corrected chi connectivity index (χ2v) is 7.72. The first kappa shape index (κ1) is 17.3. The zero-order valence-corrected chi connectivity index (χ0v) is 14.9. The van der Waals surface area contributed by atoms with Gasteiger partial charge in [-0.3, -0.25) is 14.4 Å². The molecule has 2 saturated heterocycles. The third-order valence-corrected chi connectivity index (χ3v) is 6.37. The highest BCUT2D eigenvalue weighted by Crippen LogP contribution is 2.49. The molecule has 138 valence electrons. The number of fused-ring (bicyclic) bond motifs is 3. The summed E-state index contributed by atoms with van der Waals surface area (Å²) in [4.78, 5) is 39.5. The molecule has 0 bridgehead atoms. The highest BCUT2D eigenvalue weighted by Gasteiger charge is 2.59. The van der Waals surface area contributed by atoms with E-state index in [0.717, 1.165) is 24.2 Å². The topological polar surface area (TPSA) is 105 Å². The number of hydrogen-bond acceptors (Lipinski definition) is 4. The number of benzene rings is 1. The Bertz CT molecular complexity index is 815. The van der Waals surface area contributed by atoms with E-state index in [-0.39, 0.29) is 43.2 Å². The molecule has 4 N–H and O–H groups in total. The van der Waals surface area contributed by atoms with Crippen LogP contribution in [0.25, 0.3) is 0 Å². The Morgan fingerprint density at radius 3 is 2.69 bits per heavy atom. The van der Waals surface area contributed by atoms with E-state index in [1.54, 1.807) is 4.90 Å². The van der Waals surface area contributed by atoms with Crippen LogP contribution in [0.2, 0.25) is 0 Å². The minimum absolute atomic E-state index is 0. The van der Waals surface area contributed by atoms with Gasteiger partial charge >= 0.3 is 0 Å². The molecule has 26 heavy (non-hydrogen) atoms. The van der Waals surface area contributed by atoms with Gasteiger partial charge in [0.1, 0.15) is 6.04 Å². The van der Waals surface area contributed by atoms with Gasteiger partial charge in [0.05, 0.1) is 11.5 Å². The average Bonchev–Trinajstić information content (AvgIpc) is 2.98. The normalized spacial score (nSPS) is 36.3. The first-order chi connectivity index (χ1) is 12.0. The molecule has 1 aliphatic carbocycles. The predicted octanol–water partition coefficient (Wildman–Crippen LogP) is -0.00760. The first-order valence-electron chi connectivity index (χ1n) is 8.75. The van der Waals surface area contributed by atoms with Crippen molar-refractivity contribution in [2.24, 2.45) is 17.6 Å². The van der Waals surface area contributed by atoms with Crippen molar-refractivity contribution in [2.45, 2.75) is 30.3 Å². The van der Waals surface area contributed by atoms with E-state index in [1.807, 2.05) is 24.3 Å². The van der Waals surface area contributed by atoms with E-state index in [9.17, 15) is 14.4 Å². The minimum Gasteiger partial charge on any atom is -0.368 e. The van der Waals surface area contributed by atoms with Crippen LogP contribution in [0, 0.1) is 11.8 Å². The molecule has 4 aliphatic rings. The Kier molecular flexibility index (Phi) is 3.79. The van der Waals surface area contributed by atoms with Gasteiger partial charge in [0.15, 0.2) is 0 Å². The molecule has 1 aromatic carbocycles. The fourth-order valence-electron chi connectivity index (χ4n) is 4.92. The molecule has 3 fully saturated rings. The highest BCUT2D eigenvalue weighted by atomic mass is 35.5. The van der Waals surface area contributed by atoms with Crippen molar-refractivity contribution < 1.29 is 14.4 Å². The molecule has 0 unspecified atom stereocenters. The summed E-state index contributed by atoms with van der Waals surface area (Å²) >= 11 is 0. The Balaban J connectivity index is 0.00000168. The van der Waals surface area contributed by atoms with E-state index >= 15 is 0 Å². The summed E-state index contributed by atoms with van der Waals surface area (Å²) in [5, 5.41) is 6.15. The van der Waals surface area contributed by atoms with Crippen LogP contribution in [0.1, 0.15) is 18.4 Å². The van der Waals surface area contributed by atoms with Crippen molar-refractivity contribution in [3.63, 3.8) is 0 Å². The van der Waals surface area contributed by atoms with Crippen molar-refractivity contribution in [3.05, 3.63) is 29.8 Å². The number of nitrogens with two attached hydrogens (primary N) is 1. The summed E-state index contributed by atoms with van der Waals surface area (Å²) in [6, 6.07) is 6.48. The van der Waals surface area contributed by atoms with Gasteiger partial charge in [0, 0.05) is 12.2 Å². The second kappa shape index (κ2) is 5.69. The molecule has 0 radical (unpaired) electrons. The number of primary amides is 1. The summed E-state index contributed by atoms with van der Waals surface area (Å²) in [5.41, 5.74) is 6.33. The Morgan fingerprint density at radius 1 is 1.27 bits per heavy atom. The van der Waals surface area contributed by atoms with Crippen LogP contribution in [0.15, 0.2) is 24.3 Å².